The van der Waals surface area contributed by atoms with E-state index in [0.717, 1.165) is 16.5 Å². The minimum atomic E-state index is -0.128. The molecule has 0 heterocycles. The summed E-state index contributed by atoms with van der Waals surface area (Å²) in [5, 5.41) is 2.71. The lowest BCUT2D eigenvalue weighted by Gasteiger charge is -2.04. The van der Waals surface area contributed by atoms with Gasteiger partial charge in [-0.2, -0.15) is 0 Å². The van der Waals surface area contributed by atoms with Crippen molar-refractivity contribution in [1.29, 1.82) is 0 Å². The summed E-state index contributed by atoms with van der Waals surface area (Å²) < 4.78 is 5.61. The van der Waals surface area contributed by atoms with Gasteiger partial charge in [0.1, 0.15) is 5.75 Å². The number of hydrogen-bond donors (Lipinski definition) is 0. The summed E-state index contributed by atoms with van der Waals surface area (Å²) >= 11 is 5.80. The zero-order chi connectivity index (χ0) is 15.4. The number of ketones is 1. The van der Waals surface area contributed by atoms with Crippen molar-refractivity contribution in [3.63, 3.8) is 0 Å². The Hall–Kier alpha value is -2.58. The van der Waals surface area contributed by atoms with E-state index in [2.05, 4.69) is 0 Å². The molecule has 3 aromatic rings. The molecule has 0 amide bonds. The summed E-state index contributed by atoms with van der Waals surface area (Å²) in [4.78, 5) is 12.0. The van der Waals surface area contributed by atoms with E-state index in [-0.39, 0.29) is 5.78 Å². The van der Waals surface area contributed by atoms with Gasteiger partial charge in [0.2, 0.25) is 0 Å². The molecule has 0 saturated heterocycles. The number of allylic oxidation sites excluding steroid dienone is 1. The van der Waals surface area contributed by atoms with Crippen LogP contribution in [0.25, 0.3) is 10.8 Å². The highest BCUT2D eigenvalue weighted by molar-refractivity contribution is 6.30. The molecule has 0 spiro atoms. The fourth-order valence-corrected chi connectivity index (χ4v) is 2.30. The molecule has 3 aromatic carbocycles. The molecule has 3 heteroatoms. The third kappa shape index (κ3) is 3.18. The van der Waals surface area contributed by atoms with Crippen molar-refractivity contribution in [1.82, 2.24) is 0 Å². The highest BCUT2D eigenvalue weighted by atomic mass is 35.5. The highest BCUT2D eigenvalue weighted by Crippen LogP contribution is 2.25. The molecule has 0 aliphatic heterocycles. The quantitative estimate of drug-likeness (QED) is 0.373. The van der Waals surface area contributed by atoms with Crippen molar-refractivity contribution in [2.24, 2.45) is 0 Å². The maximum atomic E-state index is 12.0. The van der Waals surface area contributed by atoms with Crippen molar-refractivity contribution >= 4 is 28.2 Å². The zero-order valence-electron chi connectivity index (χ0n) is 11.7. The molecule has 0 aliphatic carbocycles. The molecule has 3 rings (SSSR count). The Labute approximate surface area is 133 Å². The summed E-state index contributed by atoms with van der Waals surface area (Å²) in [7, 11) is 0. The lowest BCUT2D eigenvalue weighted by atomic mass is 10.1. The molecule has 22 heavy (non-hydrogen) atoms. The third-order valence-corrected chi connectivity index (χ3v) is 3.54. The van der Waals surface area contributed by atoms with Crippen molar-refractivity contribution in [2.45, 2.75) is 0 Å². The summed E-state index contributed by atoms with van der Waals surface area (Å²) in [6.07, 6.45) is 2.82. The number of rotatable bonds is 4. The Morgan fingerprint density at radius 2 is 1.64 bits per heavy atom. The molecular formula is C19H13ClO2. The van der Waals surface area contributed by atoms with Crippen LogP contribution in [0.2, 0.25) is 5.02 Å². The van der Waals surface area contributed by atoms with Crippen LogP contribution >= 0.6 is 11.6 Å². The smallest absolute Gasteiger partial charge is 0.188 e. The van der Waals surface area contributed by atoms with E-state index in [1.807, 2.05) is 42.5 Å². The Bertz CT molecular complexity index is 830. The van der Waals surface area contributed by atoms with E-state index >= 15 is 0 Å². The second kappa shape index (κ2) is 6.46. The summed E-state index contributed by atoms with van der Waals surface area (Å²) in [6, 6.07) is 20.5. The number of fused-ring (bicyclic) bond motifs is 1. The minimum Gasteiger partial charge on any atom is -0.464 e. The topological polar surface area (TPSA) is 26.3 Å². The Morgan fingerprint density at radius 1 is 0.909 bits per heavy atom. The first-order valence-electron chi connectivity index (χ1n) is 6.85. The summed E-state index contributed by atoms with van der Waals surface area (Å²) in [6.45, 7) is 0. The average molecular weight is 309 g/mol. The summed E-state index contributed by atoms with van der Waals surface area (Å²) in [5.41, 5.74) is 0.571. The number of halogens is 1. The molecule has 0 fully saturated rings. The average Bonchev–Trinajstić information content (AvgIpc) is 2.55. The largest absolute Gasteiger partial charge is 0.464 e. The van der Waals surface area contributed by atoms with Crippen molar-refractivity contribution in [2.75, 3.05) is 0 Å². The molecule has 0 aliphatic rings. The van der Waals surface area contributed by atoms with Crippen LogP contribution in [0, 0.1) is 0 Å². The molecular weight excluding hydrogens is 296 g/mol. The van der Waals surface area contributed by atoms with Gasteiger partial charge >= 0.3 is 0 Å². The van der Waals surface area contributed by atoms with Crippen molar-refractivity contribution in [3.05, 3.63) is 89.7 Å². The van der Waals surface area contributed by atoms with Gasteiger partial charge in [0.05, 0.1) is 6.26 Å². The number of ether oxygens (including phenoxy) is 1. The van der Waals surface area contributed by atoms with Gasteiger partial charge in [-0.05, 0) is 35.7 Å². The Kier molecular flexibility index (Phi) is 4.22. The first kappa shape index (κ1) is 14.4. The minimum absolute atomic E-state index is 0.128. The molecule has 0 radical (unpaired) electrons. The van der Waals surface area contributed by atoms with Crippen molar-refractivity contribution in [3.8, 4) is 5.75 Å². The van der Waals surface area contributed by atoms with Crippen LogP contribution in [-0.4, -0.2) is 5.78 Å². The number of carbonyl (C=O) groups is 1. The third-order valence-electron chi connectivity index (χ3n) is 3.29. The Morgan fingerprint density at radius 3 is 2.45 bits per heavy atom. The molecule has 108 valence electrons. The Balaban J connectivity index is 1.76. The molecule has 0 aromatic heterocycles. The molecule has 0 N–H and O–H groups in total. The van der Waals surface area contributed by atoms with E-state index in [0.29, 0.717) is 10.6 Å². The first-order valence-corrected chi connectivity index (χ1v) is 7.23. The fraction of sp³-hybridized carbons (Fsp3) is 0. The number of carbonyl (C=O) groups excluding carboxylic acids is 1. The van der Waals surface area contributed by atoms with Gasteiger partial charge < -0.3 is 4.74 Å². The van der Waals surface area contributed by atoms with Crippen LogP contribution in [0.1, 0.15) is 10.4 Å². The molecule has 0 bridgehead atoms. The van der Waals surface area contributed by atoms with Crippen LogP contribution in [0.4, 0.5) is 0 Å². The molecule has 0 unspecified atom stereocenters. The summed E-state index contributed by atoms with van der Waals surface area (Å²) in [5.74, 6) is 0.593. The van der Waals surface area contributed by atoms with Crippen LogP contribution in [0.5, 0.6) is 5.75 Å². The maximum absolute atomic E-state index is 12.0. The lowest BCUT2D eigenvalue weighted by Crippen LogP contribution is -1.94. The maximum Gasteiger partial charge on any atom is 0.188 e. The fourth-order valence-electron chi connectivity index (χ4n) is 2.18. The van der Waals surface area contributed by atoms with Crippen LogP contribution in [0.3, 0.4) is 0 Å². The van der Waals surface area contributed by atoms with Gasteiger partial charge in [-0.15, -0.1) is 0 Å². The molecule has 0 saturated carbocycles. The van der Waals surface area contributed by atoms with Crippen LogP contribution in [-0.2, 0) is 0 Å². The first-order chi connectivity index (χ1) is 10.7. The highest BCUT2D eigenvalue weighted by Gasteiger charge is 2.02. The van der Waals surface area contributed by atoms with Gasteiger partial charge in [0.25, 0.3) is 0 Å². The van der Waals surface area contributed by atoms with Crippen LogP contribution < -0.4 is 4.74 Å². The second-order valence-corrected chi connectivity index (χ2v) is 5.21. The van der Waals surface area contributed by atoms with Gasteiger partial charge in [-0.1, -0.05) is 48.0 Å². The van der Waals surface area contributed by atoms with E-state index in [4.69, 9.17) is 16.3 Å². The molecule has 0 atom stereocenters. The molecule has 2 nitrogen and oxygen atoms in total. The lowest BCUT2D eigenvalue weighted by molar-refractivity contribution is 0.104. The monoisotopic (exact) mass is 308 g/mol. The van der Waals surface area contributed by atoms with Gasteiger partial charge in [-0.25, -0.2) is 0 Å². The number of hydrogen-bond acceptors (Lipinski definition) is 2. The van der Waals surface area contributed by atoms with Crippen LogP contribution in [0.15, 0.2) is 79.1 Å². The van der Waals surface area contributed by atoms with Gasteiger partial charge in [0.15, 0.2) is 5.78 Å². The normalized spacial score (nSPS) is 11.0. The van der Waals surface area contributed by atoms with Gasteiger partial charge in [-0.3, -0.25) is 4.79 Å². The predicted octanol–water partition coefficient (Wildman–Crippen LogP) is 5.27. The van der Waals surface area contributed by atoms with E-state index < -0.39 is 0 Å². The van der Waals surface area contributed by atoms with E-state index in [1.165, 1.54) is 12.3 Å². The standard InChI is InChI=1S/C19H13ClO2/c20-16-10-8-15(9-11-16)18(21)12-13-22-19-7-3-5-14-4-1-2-6-17(14)19/h1-13H/b13-12+. The van der Waals surface area contributed by atoms with E-state index in [9.17, 15) is 4.79 Å². The predicted molar refractivity (Wildman–Crippen MR) is 89.5 cm³/mol. The second-order valence-electron chi connectivity index (χ2n) is 4.77. The SMILES string of the molecule is O=C(/C=C/Oc1cccc2ccccc12)c1ccc(Cl)cc1. The zero-order valence-corrected chi connectivity index (χ0v) is 12.5. The van der Waals surface area contributed by atoms with E-state index in [1.54, 1.807) is 24.3 Å². The number of benzene rings is 3. The van der Waals surface area contributed by atoms with Gasteiger partial charge in [0, 0.05) is 22.0 Å². The van der Waals surface area contributed by atoms with Crippen molar-refractivity contribution < 1.29 is 9.53 Å².